The van der Waals surface area contributed by atoms with Crippen LogP contribution in [0, 0.1) is 6.92 Å². The highest BCUT2D eigenvalue weighted by molar-refractivity contribution is 5.90. The fourth-order valence-electron chi connectivity index (χ4n) is 2.13. The standard InChI is InChI=1S/C18H22N2O/c1-15-8-10-17(11-9-15)19-18(21)12-13-20(2)14-16-6-4-3-5-7-16/h3-11H,12-14H2,1-2H3,(H,19,21). The van der Waals surface area contributed by atoms with E-state index < -0.39 is 0 Å². The third-order valence-electron chi connectivity index (χ3n) is 3.35. The summed E-state index contributed by atoms with van der Waals surface area (Å²) >= 11 is 0. The van der Waals surface area contributed by atoms with E-state index in [-0.39, 0.29) is 5.91 Å². The van der Waals surface area contributed by atoms with Gasteiger partial charge in [-0.2, -0.15) is 0 Å². The second kappa shape index (κ2) is 7.60. The van der Waals surface area contributed by atoms with Gasteiger partial charge < -0.3 is 10.2 Å². The lowest BCUT2D eigenvalue weighted by atomic mass is 10.2. The van der Waals surface area contributed by atoms with Crippen molar-refractivity contribution in [1.82, 2.24) is 4.90 Å². The van der Waals surface area contributed by atoms with Gasteiger partial charge in [-0.1, -0.05) is 48.0 Å². The SMILES string of the molecule is Cc1ccc(NC(=O)CCN(C)Cc2ccccc2)cc1. The van der Waals surface area contributed by atoms with Crippen LogP contribution in [0.1, 0.15) is 17.5 Å². The van der Waals surface area contributed by atoms with Crippen molar-refractivity contribution in [3.8, 4) is 0 Å². The van der Waals surface area contributed by atoms with Gasteiger partial charge in [-0.15, -0.1) is 0 Å². The molecular weight excluding hydrogens is 260 g/mol. The molecule has 2 rings (SSSR count). The van der Waals surface area contributed by atoms with E-state index in [0.29, 0.717) is 6.42 Å². The molecule has 0 saturated heterocycles. The highest BCUT2D eigenvalue weighted by atomic mass is 16.1. The zero-order valence-electron chi connectivity index (χ0n) is 12.7. The van der Waals surface area contributed by atoms with Crippen molar-refractivity contribution < 1.29 is 4.79 Å². The molecular formula is C18H22N2O. The van der Waals surface area contributed by atoms with Crippen LogP contribution < -0.4 is 5.32 Å². The minimum absolute atomic E-state index is 0.0544. The van der Waals surface area contributed by atoms with E-state index in [2.05, 4.69) is 22.3 Å². The summed E-state index contributed by atoms with van der Waals surface area (Å²) in [5.41, 5.74) is 3.31. The number of aryl methyl sites for hydroxylation is 1. The molecule has 3 nitrogen and oxygen atoms in total. The van der Waals surface area contributed by atoms with E-state index in [9.17, 15) is 4.79 Å². The Morgan fingerprint density at radius 1 is 1.05 bits per heavy atom. The molecule has 1 N–H and O–H groups in total. The summed E-state index contributed by atoms with van der Waals surface area (Å²) in [4.78, 5) is 14.1. The Morgan fingerprint density at radius 2 is 1.71 bits per heavy atom. The van der Waals surface area contributed by atoms with Crippen LogP contribution in [0.5, 0.6) is 0 Å². The van der Waals surface area contributed by atoms with Crippen LogP contribution in [0.3, 0.4) is 0 Å². The fourth-order valence-corrected chi connectivity index (χ4v) is 2.13. The lowest BCUT2D eigenvalue weighted by Crippen LogP contribution is -2.24. The summed E-state index contributed by atoms with van der Waals surface area (Å²) in [5, 5.41) is 2.92. The van der Waals surface area contributed by atoms with E-state index in [1.165, 1.54) is 11.1 Å². The normalized spacial score (nSPS) is 10.6. The average molecular weight is 282 g/mol. The number of amides is 1. The number of nitrogens with zero attached hydrogens (tertiary/aromatic N) is 1. The van der Waals surface area contributed by atoms with Gasteiger partial charge in [-0.05, 0) is 31.7 Å². The zero-order valence-corrected chi connectivity index (χ0v) is 12.7. The van der Waals surface area contributed by atoms with Crippen LogP contribution in [0.4, 0.5) is 5.69 Å². The maximum absolute atomic E-state index is 11.9. The molecule has 0 fully saturated rings. The van der Waals surface area contributed by atoms with E-state index in [0.717, 1.165) is 18.8 Å². The maximum Gasteiger partial charge on any atom is 0.225 e. The first kappa shape index (κ1) is 15.3. The average Bonchev–Trinajstić information content (AvgIpc) is 2.49. The number of nitrogens with one attached hydrogen (secondary N) is 1. The number of hydrogen-bond donors (Lipinski definition) is 1. The Morgan fingerprint density at radius 3 is 2.38 bits per heavy atom. The monoisotopic (exact) mass is 282 g/mol. The van der Waals surface area contributed by atoms with Crippen LogP contribution in [0.15, 0.2) is 54.6 Å². The van der Waals surface area contributed by atoms with E-state index in [1.807, 2.05) is 56.4 Å². The van der Waals surface area contributed by atoms with Crippen LogP contribution in [-0.2, 0) is 11.3 Å². The van der Waals surface area contributed by atoms with Crippen LogP contribution in [-0.4, -0.2) is 24.4 Å². The van der Waals surface area contributed by atoms with Crippen molar-refractivity contribution in [3.63, 3.8) is 0 Å². The Hall–Kier alpha value is -2.13. The molecule has 0 atom stereocenters. The molecule has 0 aliphatic heterocycles. The number of rotatable bonds is 6. The summed E-state index contributed by atoms with van der Waals surface area (Å²) in [6.45, 7) is 3.63. The summed E-state index contributed by atoms with van der Waals surface area (Å²) in [5.74, 6) is 0.0544. The van der Waals surface area contributed by atoms with Gasteiger partial charge in [0.2, 0.25) is 5.91 Å². The molecule has 0 heterocycles. The zero-order chi connectivity index (χ0) is 15.1. The number of benzene rings is 2. The minimum Gasteiger partial charge on any atom is -0.326 e. The molecule has 3 heteroatoms. The van der Waals surface area contributed by atoms with Crippen molar-refractivity contribution in [1.29, 1.82) is 0 Å². The largest absolute Gasteiger partial charge is 0.326 e. The molecule has 1 amide bonds. The van der Waals surface area contributed by atoms with Gasteiger partial charge in [0, 0.05) is 25.2 Å². The highest BCUT2D eigenvalue weighted by Gasteiger charge is 2.05. The molecule has 110 valence electrons. The third kappa shape index (κ3) is 5.40. The molecule has 2 aromatic rings. The van der Waals surface area contributed by atoms with Crippen LogP contribution in [0.2, 0.25) is 0 Å². The van der Waals surface area contributed by atoms with E-state index >= 15 is 0 Å². The molecule has 0 saturated carbocycles. The molecule has 0 spiro atoms. The Bertz CT molecular complexity index is 564. The van der Waals surface area contributed by atoms with Crippen molar-refractivity contribution in [2.75, 3.05) is 18.9 Å². The quantitative estimate of drug-likeness (QED) is 0.880. The Balaban J connectivity index is 1.74. The maximum atomic E-state index is 11.9. The number of anilines is 1. The van der Waals surface area contributed by atoms with Gasteiger partial charge in [0.25, 0.3) is 0 Å². The van der Waals surface area contributed by atoms with Crippen molar-refractivity contribution in [2.24, 2.45) is 0 Å². The van der Waals surface area contributed by atoms with Crippen LogP contribution in [0.25, 0.3) is 0 Å². The topological polar surface area (TPSA) is 32.3 Å². The summed E-state index contributed by atoms with van der Waals surface area (Å²) in [6, 6.07) is 18.1. The predicted molar refractivity (Wildman–Crippen MR) is 87.2 cm³/mol. The molecule has 0 unspecified atom stereocenters. The van der Waals surface area contributed by atoms with Crippen LogP contribution >= 0.6 is 0 Å². The molecule has 0 aliphatic rings. The summed E-state index contributed by atoms with van der Waals surface area (Å²) in [7, 11) is 2.03. The molecule has 2 aromatic carbocycles. The van der Waals surface area contributed by atoms with Crippen molar-refractivity contribution >= 4 is 11.6 Å². The lowest BCUT2D eigenvalue weighted by molar-refractivity contribution is -0.116. The van der Waals surface area contributed by atoms with Crippen molar-refractivity contribution in [2.45, 2.75) is 19.9 Å². The Kier molecular flexibility index (Phi) is 5.52. The molecule has 0 bridgehead atoms. The van der Waals surface area contributed by atoms with Gasteiger partial charge in [-0.25, -0.2) is 0 Å². The molecule has 0 aromatic heterocycles. The first-order chi connectivity index (χ1) is 10.1. The number of carbonyl (C=O) groups is 1. The van der Waals surface area contributed by atoms with Gasteiger partial charge in [0.15, 0.2) is 0 Å². The predicted octanol–water partition coefficient (Wildman–Crippen LogP) is 3.46. The second-order valence-corrected chi connectivity index (χ2v) is 5.39. The third-order valence-corrected chi connectivity index (χ3v) is 3.35. The van der Waals surface area contributed by atoms with Gasteiger partial charge >= 0.3 is 0 Å². The Labute approximate surface area is 126 Å². The molecule has 0 aliphatic carbocycles. The first-order valence-corrected chi connectivity index (χ1v) is 7.22. The van der Waals surface area contributed by atoms with E-state index in [4.69, 9.17) is 0 Å². The lowest BCUT2D eigenvalue weighted by Gasteiger charge is -2.16. The molecule has 0 radical (unpaired) electrons. The van der Waals surface area contributed by atoms with Gasteiger partial charge in [0.1, 0.15) is 0 Å². The van der Waals surface area contributed by atoms with E-state index in [1.54, 1.807) is 0 Å². The highest BCUT2D eigenvalue weighted by Crippen LogP contribution is 2.09. The summed E-state index contributed by atoms with van der Waals surface area (Å²) < 4.78 is 0. The van der Waals surface area contributed by atoms with Gasteiger partial charge in [0.05, 0.1) is 0 Å². The fraction of sp³-hybridized carbons (Fsp3) is 0.278. The number of carbonyl (C=O) groups excluding carboxylic acids is 1. The van der Waals surface area contributed by atoms with Crippen molar-refractivity contribution in [3.05, 3.63) is 65.7 Å². The minimum atomic E-state index is 0.0544. The number of hydrogen-bond acceptors (Lipinski definition) is 2. The second-order valence-electron chi connectivity index (χ2n) is 5.39. The smallest absolute Gasteiger partial charge is 0.225 e. The summed E-state index contributed by atoms with van der Waals surface area (Å²) in [6.07, 6.45) is 0.497. The molecule has 21 heavy (non-hydrogen) atoms. The first-order valence-electron chi connectivity index (χ1n) is 7.22. The van der Waals surface area contributed by atoms with Gasteiger partial charge in [-0.3, -0.25) is 4.79 Å².